The lowest BCUT2D eigenvalue weighted by Gasteiger charge is -2.26. The van der Waals surface area contributed by atoms with E-state index in [9.17, 15) is 4.79 Å². The Labute approximate surface area is 155 Å². The quantitative estimate of drug-likeness (QED) is 0.807. The zero-order valence-electron chi connectivity index (χ0n) is 16.2. The minimum absolute atomic E-state index is 0.0632. The molecule has 2 aromatic rings. The Morgan fingerprint density at radius 2 is 1.46 bits per heavy atom. The third-order valence-corrected chi connectivity index (χ3v) is 4.35. The Bertz CT molecular complexity index is 696. The lowest BCUT2D eigenvalue weighted by Crippen LogP contribution is -2.40. The molecule has 0 saturated heterocycles. The van der Waals surface area contributed by atoms with Crippen LogP contribution in [0.3, 0.4) is 0 Å². The van der Waals surface area contributed by atoms with Crippen molar-refractivity contribution >= 4 is 6.03 Å². The summed E-state index contributed by atoms with van der Waals surface area (Å²) in [6.45, 7) is 4.72. The fourth-order valence-corrected chi connectivity index (χ4v) is 2.77. The van der Waals surface area contributed by atoms with Crippen LogP contribution in [-0.2, 0) is 6.54 Å². The minimum Gasteiger partial charge on any atom is -0.497 e. The number of hydrogen-bond donors (Lipinski definition) is 1. The first-order valence-electron chi connectivity index (χ1n) is 8.73. The summed E-state index contributed by atoms with van der Waals surface area (Å²) in [5, 5.41) is 3.13. The van der Waals surface area contributed by atoms with Gasteiger partial charge < -0.3 is 19.7 Å². The predicted molar refractivity (Wildman–Crippen MR) is 104 cm³/mol. The maximum Gasteiger partial charge on any atom is 0.317 e. The molecule has 2 rings (SSSR count). The monoisotopic (exact) mass is 356 g/mol. The van der Waals surface area contributed by atoms with Crippen LogP contribution in [-0.4, -0.2) is 32.2 Å². The normalized spacial score (nSPS) is 11.8. The van der Waals surface area contributed by atoms with Crippen molar-refractivity contribution in [2.75, 3.05) is 21.3 Å². The fraction of sp³-hybridized carbons (Fsp3) is 0.381. The third kappa shape index (κ3) is 5.15. The number of hydrogen-bond acceptors (Lipinski definition) is 3. The Morgan fingerprint density at radius 1 is 0.962 bits per heavy atom. The Kier molecular flexibility index (Phi) is 6.89. The highest BCUT2D eigenvalue weighted by molar-refractivity contribution is 5.74. The Balaban J connectivity index is 2.03. The number of benzene rings is 2. The second kappa shape index (κ2) is 9.13. The zero-order valence-corrected chi connectivity index (χ0v) is 16.2. The molecule has 0 fully saturated rings. The summed E-state index contributed by atoms with van der Waals surface area (Å²) in [4.78, 5) is 14.3. The van der Waals surface area contributed by atoms with Gasteiger partial charge in [0.15, 0.2) is 0 Å². The third-order valence-electron chi connectivity index (χ3n) is 4.35. The first-order chi connectivity index (χ1) is 12.4. The number of carbonyl (C=O) groups excluding carboxylic acids is 1. The van der Waals surface area contributed by atoms with E-state index in [2.05, 4.69) is 19.2 Å². The van der Waals surface area contributed by atoms with Gasteiger partial charge in [-0.3, -0.25) is 0 Å². The van der Waals surface area contributed by atoms with Gasteiger partial charge in [0, 0.05) is 13.6 Å². The molecule has 1 unspecified atom stereocenters. The number of carbonyl (C=O) groups is 1. The number of amides is 2. The summed E-state index contributed by atoms with van der Waals surface area (Å²) in [5.41, 5.74) is 2.11. The van der Waals surface area contributed by atoms with E-state index in [-0.39, 0.29) is 18.0 Å². The Morgan fingerprint density at radius 3 is 1.92 bits per heavy atom. The van der Waals surface area contributed by atoms with Crippen molar-refractivity contribution in [3.8, 4) is 11.5 Å². The molecule has 1 N–H and O–H groups in total. The van der Waals surface area contributed by atoms with Gasteiger partial charge in [-0.1, -0.05) is 38.1 Å². The highest BCUT2D eigenvalue weighted by atomic mass is 16.5. The van der Waals surface area contributed by atoms with Crippen LogP contribution >= 0.6 is 0 Å². The molecule has 0 aliphatic heterocycles. The van der Waals surface area contributed by atoms with Crippen LogP contribution in [0.15, 0.2) is 48.5 Å². The summed E-state index contributed by atoms with van der Waals surface area (Å²) in [6, 6.07) is 15.4. The molecule has 0 heterocycles. The van der Waals surface area contributed by atoms with Crippen LogP contribution in [0.5, 0.6) is 11.5 Å². The second-order valence-electron chi connectivity index (χ2n) is 6.65. The molecule has 140 valence electrons. The number of nitrogens with one attached hydrogen (secondary N) is 1. The summed E-state index contributed by atoms with van der Waals surface area (Å²) in [6.07, 6.45) is 0. The van der Waals surface area contributed by atoms with E-state index in [1.165, 1.54) is 0 Å². The molecular weight excluding hydrogens is 328 g/mol. The van der Waals surface area contributed by atoms with Gasteiger partial charge in [0.05, 0.1) is 20.3 Å². The van der Waals surface area contributed by atoms with Gasteiger partial charge in [0.25, 0.3) is 0 Å². The molecular formula is C21H28N2O3. The maximum atomic E-state index is 12.6. The van der Waals surface area contributed by atoms with Gasteiger partial charge in [-0.25, -0.2) is 4.79 Å². The van der Waals surface area contributed by atoms with Crippen molar-refractivity contribution in [2.24, 2.45) is 5.92 Å². The summed E-state index contributed by atoms with van der Waals surface area (Å²) in [5.74, 6) is 1.88. The van der Waals surface area contributed by atoms with Crippen LogP contribution in [0.4, 0.5) is 4.79 Å². The highest BCUT2D eigenvalue weighted by Crippen LogP contribution is 2.24. The average molecular weight is 356 g/mol. The molecule has 5 heteroatoms. The standard InChI is InChI=1S/C21H28N2O3/c1-15(2)20(17-8-12-19(26-5)13-9-17)22-21(24)23(3)14-16-6-10-18(25-4)11-7-16/h6-13,15,20H,14H2,1-5H3,(H,22,24). The molecule has 2 aromatic carbocycles. The van der Waals surface area contributed by atoms with Crippen molar-refractivity contribution in [2.45, 2.75) is 26.4 Å². The van der Waals surface area contributed by atoms with E-state index in [1.54, 1.807) is 26.2 Å². The molecule has 5 nitrogen and oxygen atoms in total. The summed E-state index contributed by atoms with van der Waals surface area (Å²) < 4.78 is 10.4. The first kappa shape index (κ1) is 19.6. The van der Waals surface area contributed by atoms with E-state index in [0.29, 0.717) is 6.54 Å². The van der Waals surface area contributed by atoms with Crippen molar-refractivity contribution in [3.05, 3.63) is 59.7 Å². The van der Waals surface area contributed by atoms with Crippen LogP contribution in [0.1, 0.15) is 31.0 Å². The maximum absolute atomic E-state index is 12.6. The van der Waals surface area contributed by atoms with Gasteiger partial charge >= 0.3 is 6.03 Å². The number of nitrogens with zero attached hydrogens (tertiary/aromatic N) is 1. The summed E-state index contributed by atoms with van der Waals surface area (Å²) in [7, 11) is 5.08. The SMILES string of the molecule is COc1ccc(CN(C)C(=O)NC(c2ccc(OC)cc2)C(C)C)cc1. The van der Waals surface area contributed by atoms with E-state index < -0.39 is 0 Å². The average Bonchev–Trinajstić information content (AvgIpc) is 2.66. The van der Waals surface area contributed by atoms with Crippen molar-refractivity contribution in [1.82, 2.24) is 10.2 Å². The molecule has 26 heavy (non-hydrogen) atoms. The minimum atomic E-state index is -0.102. The van der Waals surface area contributed by atoms with E-state index >= 15 is 0 Å². The van der Waals surface area contributed by atoms with Crippen molar-refractivity contribution in [3.63, 3.8) is 0 Å². The molecule has 0 saturated carbocycles. The van der Waals surface area contributed by atoms with Crippen LogP contribution in [0.25, 0.3) is 0 Å². The highest BCUT2D eigenvalue weighted by Gasteiger charge is 2.20. The molecule has 0 spiro atoms. The molecule has 2 amide bonds. The molecule has 0 aliphatic rings. The van der Waals surface area contributed by atoms with Gasteiger partial charge in [0.1, 0.15) is 11.5 Å². The molecule has 0 bridgehead atoms. The topological polar surface area (TPSA) is 50.8 Å². The number of urea groups is 1. The number of ether oxygens (including phenoxy) is 2. The lowest BCUT2D eigenvalue weighted by atomic mass is 9.96. The zero-order chi connectivity index (χ0) is 19.1. The molecule has 1 atom stereocenters. The van der Waals surface area contributed by atoms with Gasteiger partial charge in [0.2, 0.25) is 0 Å². The van der Waals surface area contributed by atoms with Gasteiger partial charge in [-0.2, -0.15) is 0 Å². The first-order valence-corrected chi connectivity index (χ1v) is 8.73. The number of rotatable bonds is 7. The molecule has 0 aliphatic carbocycles. The van der Waals surface area contributed by atoms with Crippen LogP contribution < -0.4 is 14.8 Å². The predicted octanol–water partition coefficient (Wildman–Crippen LogP) is 4.24. The van der Waals surface area contributed by atoms with Gasteiger partial charge in [-0.15, -0.1) is 0 Å². The fourth-order valence-electron chi connectivity index (χ4n) is 2.77. The Hall–Kier alpha value is -2.69. The van der Waals surface area contributed by atoms with E-state index in [4.69, 9.17) is 9.47 Å². The molecule has 0 aromatic heterocycles. The number of methoxy groups -OCH3 is 2. The van der Waals surface area contributed by atoms with Crippen LogP contribution in [0.2, 0.25) is 0 Å². The van der Waals surface area contributed by atoms with Gasteiger partial charge in [-0.05, 0) is 41.3 Å². The summed E-state index contributed by atoms with van der Waals surface area (Å²) >= 11 is 0. The van der Waals surface area contributed by atoms with Crippen LogP contribution in [0, 0.1) is 5.92 Å². The molecule has 0 radical (unpaired) electrons. The van der Waals surface area contributed by atoms with Crippen molar-refractivity contribution < 1.29 is 14.3 Å². The van der Waals surface area contributed by atoms with E-state index in [1.807, 2.05) is 48.5 Å². The smallest absolute Gasteiger partial charge is 0.317 e. The largest absolute Gasteiger partial charge is 0.497 e. The lowest BCUT2D eigenvalue weighted by molar-refractivity contribution is 0.199. The van der Waals surface area contributed by atoms with E-state index in [0.717, 1.165) is 22.6 Å². The second-order valence-corrected chi connectivity index (χ2v) is 6.65. The van der Waals surface area contributed by atoms with Crippen molar-refractivity contribution in [1.29, 1.82) is 0 Å².